The second-order valence-corrected chi connectivity index (χ2v) is 5.79. The van der Waals surface area contributed by atoms with Crippen molar-refractivity contribution < 1.29 is 19.4 Å². The fourth-order valence-electron chi connectivity index (χ4n) is 3.35. The summed E-state index contributed by atoms with van der Waals surface area (Å²) in [5, 5.41) is 11.8. The highest BCUT2D eigenvalue weighted by Gasteiger charge is 2.60. The second-order valence-electron chi connectivity index (χ2n) is 5.79. The SMILES string of the molecule is O=C(NCCN1CCOCC1)C1[C@H]2CN(C(=O)O)C[C@@H]12. The molecule has 3 rings (SSSR count). The molecule has 3 atom stereocenters. The Morgan fingerprint density at radius 1 is 1.20 bits per heavy atom. The molecular weight excluding hydrogens is 262 g/mol. The molecule has 0 spiro atoms. The third-order valence-electron chi connectivity index (χ3n) is 4.60. The van der Waals surface area contributed by atoms with E-state index < -0.39 is 6.09 Å². The maximum Gasteiger partial charge on any atom is 0.407 e. The fourth-order valence-corrected chi connectivity index (χ4v) is 3.35. The zero-order valence-corrected chi connectivity index (χ0v) is 11.5. The molecule has 1 saturated carbocycles. The number of likely N-dealkylation sites (tertiary alicyclic amines) is 1. The molecule has 2 amide bonds. The van der Waals surface area contributed by atoms with Crippen LogP contribution in [0.1, 0.15) is 0 Å². The molecule has 0 aromatic rings. The molecule has 3 aliphatic rings. The van der Waals surface area contributed by atoms with E-state index >= 15 is 0 Å². The van der Waals surface area contributed by atoms with Crippen LogP contribution in [-0.2, 0) is 9.53 Å². The number of ether oxygens (including phenoxy) is 1. The molecule has 3 fully saturated rings. The number of rotatable bonds is 4. The lowest BCUT2D eigenvalue weighted by Crippen LogP contribution is -2.42. The molecule has 2 saturated heterocycles. The largest absolute Gasteiger partial charge is 0.465 e. The minimum absolute atomic E-state index is 0.0373. The summed E-state index contributed by atoms with van der Waals surface area (Å²) in [6.45, 7) is 5.95. The van der Waals surface area contributed by atoms with Crippen molar-refractivity contribution in [2.24, 2.45) is 17.8 Å². The number of hydrogen-bond acceptors (Lipinski definition) is 4. The van der Waals surface area contributed by atoms with Gasteiger partial charge in [0.2, 0.25) is 5.91 Å². The van der Waals surface area contributed by atoms with Crippen LogP contribution in [0.2, 0.25) is 0 Å². The Bertz CT molecular complexity index is 385. The summed E-state index contributed by atoms with van der Waals surface area (Å²) in [6.07, 6.45) is -0.872. The van der Waals surface area contributed by atoms with E-state index in [1.165, 1.54) is 4.90 Å². The van der Waals surface area contributed by atoms with Crippen molar-refractivity contribution in [3.05, 3.63) is 0 Å². The standard InChI is InChI=1S/C13H21N3O4/c17-12(14-1-2-15-3-5-20-6-4-15)11-9-7-16(13(18)19)8-10(9)11/h9-11H,1-8H2,(H,14,17)(H,18,19)/t9-,10+,11?. The van der Waals surface area contributed by atoms with E-state index in [0.717, 1.165) is 32.8 Å². The van der Waals surface area contributed by atoms with Gasteiger partial charge in [0.15, 0.2) is 0 Å². The Morgan fingerprint density at radius 3 is 2.45 bits per heavy atom. The number of carbonyl (C=O) groups is 2. The van der Waals surface area contributed by atoms with Gasteiger partial charge in [-0.05, 0) is 11.8 Å². The molecule has 0 radical (unpaired) electrons. The molecule has 2 aliphatic heterocycles. The first-order valence-electron chi connectivity index (χ1n) is 7.22. The number of piperidine rings is 1. The molecule has 20 heavy (non-hydrogen) atoms. The van der Waals surface area contributed by atoms with E-state index in [1.54, 1.807) is 0 Å². The van der Waals surface area contributed by atoms with E-state index in [2.05, 4.69) is 10.2 Å². The zero-order valence-electron chi connectivity index (χ0n) is 11.5. The lowest BCUT2D eigenvalue weighted by molar-refractivity contribution is -0.123. The van der Waals surface area contributed by atoms with Gasteiger partial charge in [0.1, 0.15) is 0 Å². The second kappa shape index (κ2) is 5.57. The number of nitrogens with zero attached hydrogens (tertiary/aromatic N) is 2. The van der Waals surface area contributed by atoms with Crippen molar-refractivity contribution in [2.45, 2.75) is 0 Å². The quantitative estimate of drug-likeness (QED) is 0.712. The smallest absolute Gasteiger partial charge is 0.407 e. The van der Waals surface area contributed by atoms with Crippen LogP contribution in [0.3, 0.4) is 0 Å². The van der Waals surface area contributed by atoms with Gasteiger partial charge in [-0.2, -0.15) is 0 Å². The maximum absolute atomic E-state index is 12.0. The van der Waals surface area contributed by atoms with Gasteiger partial charge < -0.3 is 20.1 Å². The molecule has 7 nitrogen and oxygen atoms in total. The van der Waals surface area contributed by atoms with Crippen LogP contribution in [0.15, 0.2) is 0 Å². The highest BCUT2D eigenvalue weighted by atomic mass is 16.5. The van der Waals surface area contributed by atoms with Crippen LogP contribution < -0.4 is 5.32 Å². The van der Waals surface area contributed by atoms with Gasteiger partial charge in [0, 0.05) is 45.2 Å². The molecule has 1 unspecified atom stereocenters. The molecule has 2 heterocycles. The van der Waals surface area contributed by atoms with Gasteiger partial charge in [-0.25, -0.2) is 4.79 Å². The predicted octanol–water partition coefficient (Wildman–Crippen LogP) is -0.709. The monoisotopic (exact) mass is 283 g/mol. The lowest BCUT2D eigenvalue weighted by Gasteiger charge is -2.26. The number of hydrogen-bond donors (Lipinski definition) is 2. The first-order chi connectivity index (χ1) is 9.66. The maximum atomic E-state index is 12.0. The topological polar surface area (TPSA) is 82.1 Å². The summed E-state index contributed by atoms with van der Waals surface area (Å²) in [6, 6.07) is 0. The highest BCUT2D eigenvalue weighted by molar-refractivity contribution is 5.83. The van der Waals surface area contributed by atoms with E-state index in [0.29, 0.717) is 19.6 Å². The Labute approximate surface area is 117 Å². The van der Waals surface area contributed by atoms with Gasteiger partial charge in [-0.15, -0.1) is 0 Å². The normalized spacial score (nSPS) is 32.8. The molecule has 0 aromatic heterocycles. The first-order valence-corrected chi connectivity index (χ1v) is 7.22. The summed E-state index contributed by atoms with van der Waals surface area (Å²) in [4.78, 5) is 26.5. The summed E-state index contributed by atoms with van der Waals surface area (Å²) in [7, 11) is 0. The van der Waals surface area contributed by atoms with Crippen molar-refractivity contribution >= 4 is 12.0 Å². The number of amides is 2. The zero-order chi connectivity index (χ0) is 14.1. The van der Waals surface area contributed by atoms with Gasteiger partial charge in [0.05, 0.1) is 13.2 Å². The minimum Gasteiger partial charge on any atom is -0.465 e. The molecular formula is C13H21N3O4. The fraction of sp³-hybridized carbons (Fsp3) is 0.846. The average molecular weight is 283 g/mol. The van der Waals surface area contributed by atoms with Gasteiger partial charge >= 0.3 is 6.09 Å². The Hall–Kier alpha value is -1.34. The molecule has 0 bridgehead atoms. The summed E-state index contributed by atoms with van der Waals surface area (Å²) in [5.41, 5.74) is 0. The van der Waals surface area contributed by atoms with E-state index in [1.807, 2.05) is 0 Å². The van der Waals surface area contributed by atoms with Gasteiger partial charge in [0.25, 0.3) is 0 Å². The summed E-state index contributed by atoms with van der Waals surface area (Å²) < 4.78 is 5.27. The van der Waals surface area contributed by atoms with Crippen LogP contribution in [-0.4, -0.2) is 79.4 Å². The molecule has 1 aliphatic carbocycles. The van der Waals surface area contributed by atoms with Crippen molar-refractivity contribution in [2.75, 3.05) is 52.5 Å². The highest BCUT2D eigenvalue weighted by Crippen LogP contribution is 2.51. The number of carboxylic acid groups (broad SMARTS) is 1. The van der Waals surface area contributed by atoms with Crippen LogP contribution in [0.5, 0.6) is 0 Å². The minimum atomic E-state index is -0.872. The van der Waals surface area contributed by atoms with Crippen LogP contribution >= 0.6 is 0 Å². The van der Waals surface area contributed by atoms with E-state index in [9.17, 15) is 9.59 Å². The van der Waals surface area contributed by atoms with Crippen LogP contribution in [0.4, 0.5) is 4.79 Å². The van der Waals surface area contributed by atoms with Crippen LogP contribution in [0.25, 0.3) is 0 Å². The molecule has 0 aromatic carbocycles. The van der Waals surface area contributed by atoms with Crippen LogP contribution in [0, 0.1) is 17.8 Å². The van der Waals surface area contributed by atoms with E-state index in [4.69, 9.17) is 9.84 Å². The van der Waals surface area contributed by atoms with Crippen molar-refractivity contribution in [3.8, 4) is 0 Å². The van der Waals surface area contributed by atoms with Gasteiger partial charge in [-0.3, -0.25) is 9.69 Å². The Kier molecular flexibility index (Phi) is 3.80. The number of morpholine rings is 1. The number of nitrogens with one attached hydrogen (secondary N) is 1. The Balaban J connectivity index is 1.34. The summed E-state index contributed by atoms with van der Waals surface area (Å²) in [5.74, 6) is 0.623. The third-order valence-corrected chi connectivity index (χ3v) is 4.60. The number of carbonyl (C=O) groups excluding carboxylic acids is 1. The predicted molar refractivity (Wildman–Crippen MR) is 70.3 cm³/mol. The average Bonchev–Trinajstić information content (AvgIpc) is 2.94. The van der Waals surface area contributed by atoms with Gasteiger partial charge in [-0.1, -0.05) is 0 Å². The van der Waals surface area contributed by atoms with E-state index in [-0.39, 0.29) is 23.7 Å². The molecule has 112 valence electrons. The third kappa shape index (κ3) is 2.73. The number of fused-ring (bicyclic) bond motifs is 1. The first kappa shape index (κ1) is 13.6. The molecule has 7 heteroatoms. The Morgan fingerprint density at radius 2 is 1.85 bits per heavy atom. The van der Waals surface area contributed by atoms with Crippen molar-refractivity contribution in [1.29, 1.82) is 0 Å². The van der Waals surface area contributed by atoms with Crippen molar-refractivity contribution in [1.82, 2.24) is 15.1 Å². The summed E-state index contributed by atoms with van der Waals surface area (Å²) >= 11 is 0. The lowest BCUT2D eigenvalue weighted by atomic mass is 10.2. The molecule has 2 N–H and O–H groups in total. The van der Waals surface area contributed by atoms with Crippen molar-refractivity contribution in [3.63, 3.8) is 0 Å².